The van der Waals surface area contributed by atoms with Gasteiger partial charge in [-0.1, -0.05) is 30.3 Å². The number of nitriles is 1. The zero-order valence-electron chi connectivity index (χ0n) is 14.3. The molecule has 0 atom stereocenters. The molecule has 130 valence electrons. The highest BCUT2D eigenvalue weighted by Crippen LogP contribution is 2.25. The summed E-state index contributed by atoms with van der Waals surface area (Å²) in [6.45, 7) is 0.673. The lowest BCUT2D eigenvalue weighted by Crippen LogP contribution is -2.12. The summed E-state index contributed by atoms with van der Waals surface area (Å²) in [7, 11) is 0. The van der Waals surface area contributed by atoms with Crippen LogP contribution in [0.1, 0.15) is 21.5 Å². The summed E-state index contributed by atoms with van der Waals surface area (Å²) >= 11 is 0. The van der Waals surface area contributed by atoms with E-state index in [-0.39, 0.29) is 5.91 Å². The maximum Gasteiger partial charge on any atom is 0.258 e. The predicted molar refractivity (Wildman–Crippen MR) is 102 cm³/mol. The lowest BCUT2D eigenvalue weighted by atomic mass is 10.1. The molecule has 0 aliphatic rings. The Morgan fingerprint density at radius 2 is 1.89 bits per heavy atom. The van der Waals surface area contributed by atoms with Crippen LogP contribution in [-0.2, 0) is 6.54 Å². The number of amides is 1. The molecule has 2 aromatic carbocycles. The minimum absolute atomic E-state index is 0.294. The molecule has 2 aromatic heterocycles. The first-order valence-electron chi connectivity index (χ1n) is 8.38. The average Bonchev–Trinajstić information content (AvgIpc) is 3.06. The van der Waals surface area contributed by atoms with Gasteiger partial charge in [-0.2, -0.15) is 5.26 Å². The summed E-state index contributed by atoms with van der Waals surface area (Å²) in [5, 5.41) is 13.1. The van der Waals surface area contributed by atoms with Crippen molar-refractivity contribution in [1.82, 2.24) is 14.5 Å². The van der Waals surface area contributed by atoms with E-state index in [2.05, 4.69) is 33.5 Å². The van der Waals surface area contributed by atoms with Crippen molar-refractivity contribution in [3.63, 3.8) is 0 Å². The Morgan fingerprint density at radius 1 is 1.11 bits per heavy atom. The van der Waals surface area contributed by atoms with Gasteiger partial charge in [0, 0.05) is 41.7 Å². The fourth-order valence-electron chi connectivity index (χ4n) is 2.99. The number of nitrogens with zero attached hydrogens (tertiary/aromatic N) is 4. The van der Waals surface area contributed by atoms with Gasteiger partial charge in [0.1, 0.15) is 12.4 Å². The minimum Gasteiger partial charge on any atom is -0.342 e. The van der Waals surface area contributed by atoms with Crippen LogP contribution in [0.25, 0.3) is 10.9 Å². The first kappa shape index (κ1) is 16.5. The van der Waals surface area contributed by atoms with E-state index in [4.69, 9.17) is 0 Å². The summed E-state index contributed by atoms with van der Waals surface area (Å²) in [4.78, 5) is 20.0. The number of aromatic nitrogens is 3. The van der Waals surface area contributed by atoms with Crippen molar-refractivity contribution in [2.45, 2.75) is 6.54 Å². The molecule has 6 nitrogen and oxygen atoms in total. The second kappa shape index (κ2) is 7.10. The van der Waals surface area contributed by atoms with Crippen LogP contribution < -0.4 is 5.32 Å². The van der Waals surface area contributed by atoms with Crippen LogP contribution in [0, 0.1) is 11.3 Å². The van der Waals surface area contributed by atoms with Crippen LogP contribution in [0.5, 0.6) is 0 Å². The molecule has 0 fully saturated rings. The quantitative estimate of drug-likeness (QED) is 0.607. The zero-order valence-corrected chi connectivity index (χ0v) is 14.3. The summed E-state index contributed by atoms with van der Waals surface area (Å²) < 4.78 is 2.04. The number of carbonyl (C=O) groups is 1. The largest absolute Gasteiger partial charge is 0.342 e. The third-order valence-electron chi connectivity index (χ3n) is 4.28. The normalized spacial score (nSPS) is 10.5. The number of rotatable bonds is 4. The third-order valence-corrected chi connectivity index (χ3v) is 4.28. The molecule has 0 bridgehead atoms. The van der Waals surface area contributed by atoms with Crippen molar-refractivity contribution in [1.29, 1.82) is 5.26 Å². The number of hydrogen-bond acceptors (Lipinski definition) is 4. The molecular formula is C21H15N5O. The highest BCUT2D eigenvalue weighted by molar-refractivity contribution is 6.05. The van der Waals surface area contributed by atoms with E-state index in [9.17, 15) is 10.1 Å². The average molecular weight is 353 g/mol. The Balaban J connectivity index is 1.66. The van der Waals surface area contributed by atoms with Gasteiger partial charge in [-0.25, -0.2) is 9.97 Å². The summed E-state index contributed by atoms with van der Waals surface area (Å²) in [6, 6.07) is 17.9. The van der Waals surface area contributed by atoms with E-state index in [1.807, 2.05) is 47.2 Å². The van der Waals surface area contributed by atoms with E-state index in [1.165, 1.54) is 18.7 Å². The molecule has 0 radical (unpaired) electrons. The molecule has 2 heterocycles. The monoisotopic (exact) mass is 353 g/mol. The Kier molecular flexibility index (Phi) is 4.33. The zero-order chi connectivity index (χ0) is 18.6. The van der Waals surface area contributed by atoms with Crippen LogP contribution in [0.3, 0.4) is 0 Å². The van der Waals surface area contributed by atoms with Crippen molar-refractivity contribution >= 4 is 22.5 Å². The van der Waals surface area contributed by atoms with Gasteiger partial charge in [0.15, 0.2) is 0 Å². The SMILES string of the molecule is N#Cc1cn(Cc2ccccc2)c2ccc(NC(=O)c3cncnc3)cc12. The predicted octanol–water partition coefficient (Wildman–Crippen LogP) is 3.60. The van der Waals surface area contributed by atoms with Crippen molar-refractivity contribution < 1.29 is 4.79 Å². The number of benzene rings is 2. The fraction of sp³-hybridized carbons (Fsp3) is 0.0476. The summed E-state index contributed by atoms with van der Waals surface area (Å²) in [5.74, 6) is -0.294. The highest BCUT2D eigenvalue weighted by Gasteiger charge is 2.12. The first-order chi connectivity index (χ1) is 13.2. The second-order valence-corrected chi connectivity index (χ2v) is 6.08. The van der Waals surface area contributed by atoms with Gasteiger partial charge >= 0.3 is 0 Å². The maximum atomic E-state index is 12.3. The Labute approximate surface area is 155 Å². The molecular weight excluding hydrogens is 338 g/mol. The van der Waals surface area contributed by atoms with Crippen molar-refractivity contribution in [3.05, 3.63) is 90.1 Å². The van der Waals surface area contributed by atoms with Gasteiger partial charge in [0.25, 0.3) is 5.91 Å². The molecule has 6 heteroatoms. The molecule has 0 aliphatic carbocycles. The fourth-order valence-corrected chi connectivity index (χ4v) is 2.99. The van der Waals surface area contributed by atoms with E-state index in [1.54, 1.807) is 0 Å². The van der Waals surface area contributed by atoms with Crippen molar-refractivity contribution in [2.75, 3.05) is 5.32 Å². The van der Waals surface area contributed by atoms with Gasteiger partial charge in [-0.15, -0.1) is 0 Å². The topological polar surface area (TPSA) is 83.6 Å². The lowest BCUT2D eigenvalue weighted by molar-refractivity contribution is 0.102. The Bertz CT molecular complexity index is 1140. The van der Waals surface area contributed by atoms with E-state index in [0.29, 0.717) is 23.4 Å². The molecule has 0 aliphatic heterocycles. The lowest BCUT2D eigenvalue weighted by Gasteiger charge is -2.07. The van der Waals surface area contributed by atoms with Gasteiger partial charge in [0.05, 0.1) is 11.1 Å². The van der Waals surface area contributed by atoms with E-state index >= 15 is 0 Å². The molecule has 0 spiro atoms. The van der Waals surface area contributed by atoms with Gasteiger partial charge < -0.3 is 9.88 Å². The number of hydrogen-bond donors (Lipinski definition) is 1. The molecule has 4 aromatic rings. The van der Waals surface area contributed by atoms with Crippen molar-refractivity contribution in [3.8, 4) is 6.07 Å². The van der Waals surface area contributed by atoms with E-state index < -0.39 is 0 Å². The molecule has 0 saturated carbocycles. The van der Waals surface area contributed by atoms with Gasteiger partial charge in [0.2, 0.25) is 0 Å². The third kappa shape index (κ3) is 3.39. The smallest absolute Gasteiger partial charge is 0.258 e. The van der Waals surface area contributed by atoms with Crippen molar-refractivity contribution in [2.24, 2.45) is 0 Å². The Hall–Kier alpha value is -3.98. The Morgan fingerprint density at radius 3 is 2.63 bits per heavy atom. The number of fused-ring (bicyclic) bond motifs is 1. The van der Waals surface area contributed by atoms with Gasteiger partial charge in [-0.3, -0.25) is 4.79 Å². The van der Waals surface area contributed by atoms with Crippen LogP contribution in [-0.4, -0.2) is 20.4 Å². The van der Waals surface area contributed by atoms with Crippen LogP contribution in [0.2, 0.25) is 0 Å². The van der Waals surface area contributed by atoms with Crippen LogP contribution in [0.15, 0.2) is 73.4 Å². The van der Waals surface area contributed by atoms with Crippen LogP contribution >= 0.6 is 0 Å². The molecule has 0 saturated heterocycles. The summed E-state index contributed by atoms with van der Waals surface area (Å²) in [5.41, 5.74) is 3.65. The van der Waals surface area contributed by atoms with Crippen LogP contribution in [0.4, 0.5) is 5.69 Å². The highest BCUT2D eigenvalue weighted by atomic mass is 16.1. The summed E-state index contributed by atoms with van der Waals surface area (Å²) in [6.07, 6.45) is 6.13. The first-order valence-corrected chi connectivity index (χ1v) is 8.38. The number of anilines is 1. The molecule has 1 N–H and O–H groups in total. The molecule has 0 unspecified atom stereocenters. The molecule has 4 rings (SSSR count). The van der Waals surface area contributed by atoms with Gasteiger partial charge in [-0.05, 0) is 23.8 Å². The minimum atomic E-state index is -0.294. The van der Waals surface area contributed by atoms with E-state index in [0.717, 1.165) is 16.5 Å². The maximum absolute atomic E-state index is 12.3. The molecule has 1 amide bonds. The number of carbonyl (C=O) groups excluding carboxylic acids is 1. The second-order valence-electron chi connectivity index (χ2n) is 6.08. The molecule has 27 heavy (non-hydrogen) atoms. The standard InChI is InChI=1S/C21H15N5O/c22-9-16-13-26(12-15-4-2-1-3-5-15)20-7-6-18(8-19(16)20)25-21(27)17-10-23-14-24-11-17/h1-8,10-11,13-14H,12H2,(H,25,27). The number of nitrogens with one attached hydrogen (secondary N) is 1.